The number of carbonyl (C=O) groups excluding carboxylic acids is 1. The zero-order valence-electron chi connectivity index (χ0n) is 14.1. The van der Waals surface area contributed by atoms with Gasteiger partial charge in [0.05, 0.1) is 6.04 Å². The van der Waals surface area contributed by atoms with Crippen LogP contribution in [0.2, 0.25) is 5.02 Å². The molecule has 1 heterocycles. The summed E-state index contributed by atoms with van der Waals surface area (Å²) in [6.07, 6.45) is 0.554. The number of hydrogen-bond donors (Lipinski definition) is 1. The van der Waals surface area contributed by atoms with E-state index in [9.17, 15) is 13.6 Å². The molecule has 2 fully saturated rings. The molecule has 3 nitrogen and oxygen atoms in total. The summed E-state index contributed by atoms with van der Waals surface area (Å²) >= 11 is 6.33. The lowest BCUT2D eigenvalue weighted by Gasteiger charge is -2.37. The van der Waals surface area contributed by atoms with Crippen molar-refractivity contribution in [2.75, 3.05) is 19.6 Å². The van der Waals surface area contributed by atoms with E-state index in [0.717, 1.165) is 11.6 Å². The minimum absolute atomic E-state index is 0.00918. The Balaban J connectivity index is 1.56. The summed E-state index contributed by atoms with van der Waals surface area (Å²) in [5.74, 6) is -2.26. The molecule has 1 amide bonds. The predicted octanol–water partition coefficient (Wildman–Crippen LogP) is 3.89. The molecule has 0 radical (unpaired) electrons. The summed E-state index contributed by atoms with van der Waals surface area (Å²) in [6.45, 7) is 1.91. The Morgan fingerprint density at radius 3 is 2.69 bits per heavy atom. The minimum atomic E-state index is -0.864. The molecule has 26 heavy (non-hydrogen) atoms. The van der Waals surface area contributed by atoms with Crippen LogP contribution in [0.5, 0.6) is 0 Å². The third-order valence-electron chi connectivity index (χ3n) is 5.28. The van der Waals surface area contributed by atoms with Gasteiger partial charge >= 0.3 is 0 Å². The van der Waals surface area contributed by atoms with Crippen molar-refractivity contribution in [2.24, 2.45) is 5.92 Å². The fourth-order valence-corrected chi connectivity index (χ4v) is 4.08. The molecule has 136 valence electrons. The van der Waals surface area contributed by atoms with Crippen LogP contribution >= 0.6 is 11.6 Å². The maximum Gasteiger partial charge on any atom is 0.226 e. The first-order valence-electron chi connectivity index (χ1n) is 8.77. The second-order valence-corrected chi connectivity index (χ2v) is 7.27. The standard InChI is InChI=1S/C20H19ClF2N2O/c21-16-6-2-1-4-13(16)18-11-24-8-9-25(18)20(26)15-10-14(15)12-5-3-7-17(22)19(12)23/h1-7,14-15,18,24H,8-11H2. The van der Waals surface area contributed by atoms with Gasteiger partial charge in [0.1, 0.15) is 0 Å². The van der Waals surface area contributed by atoms with E-state index >= 15 is 0 Å². The molecule has 2 aromatic carbocycles. The zero-order chi connectivity index (χ0) is 18.3. The van der Waals surface area contributed by atoms with Gasteiger partial charge < -0.3 is 10.2 Å². The molecule has 4 rings (SSSR count). The topological polar surface area (TPSA) is 32.3 Å². The molecular formula is C20H19ClF2N2O. The van der Waals surface area contributed by atoms with Crippen molar-refractivity contribution >= 4 is 17.5 Å². The molecule has 1 aliphatic heterocycles. The molecule has 6 heteroatoms. The smallest absolute Gasteiger partial charge is 0.226 e. The highest BCUT2D eigenvalue weighted by Gasteiger charge is 2.48. The van der Waals surface area contributed by atoms with Crippen molar-refractivity contribution in [3.63, 3.8) is 0 Å². The molecule has 1 aliphatic carbocycles. The average molecular weight is 377 g/mol. The van der Waals surface area contributed by atoms with Crippen molar-refractivity contribution in [1.82, 2.24) is 10.2 Å². The van der Waals surface area contributed by atoms with Crippen LogP contribution < -0.4 is 5.32 Å². The van der Waals surface area contributed by atoms with Gasteiger partial charge in [-0.15, -0.1) is 0 Å². The molecule has 1 saturated heterocycles. The molecule has 1 saturated carbocycles. The number of piperazine rings is 1. The average Bonchev–Trinajstić information content (AvgIpc) is 3.44. The number of amides is 1. The Morgan fingerprint density at radius 2 is 1.88 bits per heavy atom. The van der Waals surface area contributed by atoms with E-state index in [2.05, 4.69) is 5.32 Å². The van der Waals surface area contributed by atoms with E-state index in [1.807, 2.05) is 29.2 Å². The van der Waals surface area contributed by atoms with Gasteiger partial charge in [0.15, 0.2) is 11.6 Å². The van der Waals surface area contributed by atoms with Crippen molar-refractivity contribution < 1.29 is 13.6 Å². The third kappa shape index (κ3) is 3.10. The second kappa shape index (κ2) is 6.97. The predicted molar refractivity (Wildman–Crippen MR) is 96.0 cm³/mol. The van der Waals surface area contributed by atoms with E-state index in [4.69, 9.17) is 11.6 Å². The van der Waals surface area contributed by atoms with Crippen molar-refractivity contribution in [2.45, 2.75) is 18.4 Å². The van der Waals surface area contributed by atoms with Gasteiger partial charge in [-0.05, 0) is 35.6 Å². The number of benzene rings is 2. The number of nitrogens with zero attached hydrogens (tertiary/aromatic N) is 1. The highest BCUT2D eigenvalue weighted by Crippen LogP contribution is 2.50. The van der Waals surface area contributed by atoms with Crippen LogP contribution in [-0.4, -0.2) is 30.4 Å². The Labute approximate surface area is 156 Å². The van der Waals surface area contributed by atoms with Gasteiger partial charge in [0.2, 0.25) is 5.91 Å². The SMILES string of the molecule is O=C(C1CC1c1cccc(F)c1F)N1CCNCC1c1ccccc1Cl. The molecule has 0 aromatic heterocycles. The molecule has 2 aromatic rings. The fraction of sp³-hybridized carbons (Fsp3) is 0.350. The van der Waals surface area contributed by atoms with Gasteiger partial charge in [-0.3, -0.25) is 4.79 Å². The van der Waals surface area contributed by atoms with Crippen LogP contribution in [0.25, 0.3) is 0 Å². The maximum atomic E-state index is 14.0. The highest BCUT2D eigenvalue weighted by molar-refractivity contribution is 6.31. The van der Waals surface area contributed by atoms with E-state index in [1.165, 1.54) is 6.07 Å². The first kappa shape index (κ1) is 17.4. The normalized spacial score (nSPS) is 25.2. The van der Waals surface area contributed by atoms with Gasteiger partial charge in [0.25, 0.3) is 0 Å². The number of hydrogen-bond acceptors (Lipinski definition) is 2. The summed E-state index contributed by atoms with van der Waals surface area (Å²) in [6, 6.07) is 11.5. The lowest BCUT2D eigenvalue weighted by molar-refractivity contribution is -0.136. The van der Waals surface area contributed by atoms with Crippen LogP contribution in [0.1, 0.15) is 29.5 Å². The van der Waals surface area contributed by atoms with Gasteiger partial charge in [-0.2, -0.15) is 0 Å². The van der Waals surface area contributed by atoms with Crippen LogP contribution in [0.15, 0.2) is 42.5 Å². The third-order valence-corrected chi connectivity index (χ3v) is 5.62. The first-order chi connectivity index (χ1) is 12.6. The van der Waals surface area contributed by atoms with Crippen LogP contribution in [-0.2, 0) is 4.79 Å². The van der Waals surface area contributed by atoms with Crippen LogP contribution in [0.3, 0.4) is 0 Å². The number of halogens is 3. The maximum absolute atomic E-state index is 14.0. The molecule has 2 aliphatic rings. The quantitative estimate of drug-likeness (QED) is 0.881. The largest absolute Gasteiger partial charge is 0.333 e. The summed E-state index contributed by atoms with van der Waals surface area (Å²) < 4.78 is 27.5. The Hall–Kier alpha value is -1.98. The first-order valence-corrected chi connectivity index (χ1v) is 9.15. The van der Waals surface area contributed by atoms with Crippen molar-refractivity contribution in [1.29, 1.82) is 0 Å². The van der Waals surface area contributed by atoms with Gasteiger partial charge in [0, 0.05) is 30.6 Å². The van der Waals surface area contributed by atoms with Crippen LogP contribution in [0, 0.1) is 17.6 Å². The lowest BCUT2D eigenvalue weighted by Crippen LogP contribution is -2.49. The van der Waals surface area contributed by atoms with Gasteiger partial charge in [-0.1, -0.05) is 41.9 Å². The highest BCUT2D eigenvalue weighted by atomic mass is 35.5. The molecule has 3 unspecified atom stereocenters. The van der Waals surface area contributed by atoms with Crippen molar-refractivity contribution in [3.05, 3.63) is 70.2 Å². The number of nitrogens with one attached hydrogen (secondary N) is 1. The number of carbonyl (C=O) groups is 1. The minimum Gasteiger partial charge on any atom is -0.333 e. The monoisotopic (exact) mass is 376 g/mol. The summed E-state index contributed by atoms with van der Waals surface area (Å²) in [7, 11) is 0. The van der Waals surface area contributed by atoms with E-state index in [0.29, 0.717) is 36.6 Å². The van der Waals surface area contributed by atoms with Crippen molar-refractivity contribution in [3.8, 4) is 0 Å². The lowest BCUT2D eigenvalue weighted by atomic mass is 10.0. The summed E-state index contributed by atoms with van der Waals surface area (Å²) in [4.78, 5) is 14.9. The molecule has 0 spiro atoms. The van der Waals surface area contributed by atoms with E-state index in [1.54, 1.807) is 6.07 Å². The molecule has 1 N–H and O–H groups in total. The summed E-state index contributed by atoms with van der Waals surface area (Å²) in [5, 5.41) is 3.93. The molecule has 0 bridgehead atoms. The Bertz CT molecular complexity index is 844. The van der Waals surface area contributed by atoms with Gasteiger partial charge in [-0.25, -0.2) is 8.78 Å². The van der Waals surface area contributed by atoms with E-state index in [-0.39, 0.29) is 23.8 Å². The molecular weight excluding hydrogens is 358 g/mol. The Kier molecular flexibility index (Phi) is 4.67. The number of rotatable bonds is 3. The Morgan fingerprint density at radius 1 is 1.12 bits per heavy atom. The zero-order valence-corrected chi connectivity index (χ0v) is 14.8. The van der Waals surface area contributed by atoms with E-state index < -0.39 is 11.6 Å². The second-order valence-electron chi connectivity index (χ2n) is 6.86. The van der Waals surface area contributed by atoms with Crippen LogP contribution in [0.4, 0.5) is 8.78 Å². The molecule has 3 atom stereocenters. The fourth-order valence-electron chi connectivity index (χ4n) is 3.82. The summed E-state index contributed by atoms with van der Waals surface area (Å²) in [5.41, 5.74) is 1.21.